The van der Waals surface area contributed by atoms with E-state index in [1.54, 1.807) is 23.8 Å². The van der Waals surface area contributed by atoms with Crippen LogP contribution in [0.15, 0.2) is 59.6 Å². The van der Waals surface area contributed by atoms with Crippen molar-refractivity contribution in [2.24, 2.45) is 0 Å². The standard InChI is InChI=1S/C26H24FN3O5S/c1-3-16(2)35-24(32)15-30-25(33)22(36-26(30)34)12-17-13-29(21-7-5-4-6-20(17)21)14-23(31)28-19-10-8-18(27)9-11-19/h4-13,16H,3,14-15H2,1-2H3,(H,28,31)/b22-12-/t16-/m1/s1. The quantitative estimate of drug-likeness (QED) is 0.346. The average molecular weight is 510 g/mol. The second-order valence-corrected chi connectivity index (χ2v) is 9.25. The van der Waals surface area contributed by atoms with Gasteiger partial charge in [0.15, 0.2) is 0 Å². The Hall–Kier alpha value is -3.92. The van der Waals surface area contributed by atoms with Crippen LogP contribution in [0.3, 0.4) is 0 Å². The van der Waals surface area contributed by atoms with Crippen molar-refractivity contribution in [3.05, 3.63) is 71.0 Å². The minimum absolute atomic E-state index is 0.0192. The van der Waals surface area contributed by atoms with E-state index < -0.39 is 29.5 Å². The minimum Gasteiger partial charge on any atom is -0.461 e. The molecule has 1 saturated heterocycles. The number of ether oxygens (including phenoxy) is 1. The highest BCUT2D eigenvalue weighted by Crippen LogP contribution is 2.34. The molecule has 1 aromatic heterocycles. The molecule has 2 aromatic carbocycles. The van der Waals surface area contributed by atoms with Gasteiger partial charge in [0.1, 0.15) is 18.9 Å². The molecule has 1 fully saturated rings. The maximum Gasteiger partial charge on any atom is 0.326 e. The van der Waals surface area contributed by atoms with E-state index in [2.05, 4.69) is 5.32 Å². The molecule has 1 atom stereocenters. The van der Waals surface area contributed by atoms with Gasteiger partial charge in [-0.3, -0.25) is 24.1 Å². The van der Waals surface area contributed by atoms with Crippen molar-refractivity contribution in [1.29, 1.82) is 0 Å². The highest BCUT2D eigenvalue weighted by atomic mass is 32.2. The Kier molecular flexibility index (Phi) is 7.54. The number of thioether (sulfide) groups is 1. The summed E-state index contributed by atoms with van der Waals surface area (Å²) in [5.41, 5.74) is 1.88. The topological polar surface area (TPSA) is 97.7 Å². The second-order valence-electron chi connectivity index (χ2n) is 8.26. The van der Waals surface area contributed by atoms with Gasteiger partial charge >= 0.3 is 5.97 Å². The molecular weight excluding hydrogens is 485 g/mol. The fraction of sp³-hybridized carbons (Fsp3) is 0.231. The van der Waals surface area contributed by atoms with Crippen LogP contribution in [-0.4, -0.2) is 45.1 Å². The summed E-state index contributed by atoms with van der Waals surface area (Å²) in [7, 11) is 0. The lowest BCUT2D eigenvalue weighted by molar-refractivity contribution is -0.150. The highest BCUT2D eigenvalue weighted by Gasteiger charge is 2.37. The molecule has 186 valence electrons. The molecule has 1 N–H and O–H groups in total. The number of aromatic nitrogens is 1. The maximum absolute atomic E-state index is 13.1. The molecule has 0 bridgehead atoms. The van der Waals surface area contributed by atoms with E-state index in [4.69, 9.17) is 4.74 Å². The number of esters is 1. The summed E-state index contributed by atoms with van der Waals surface area (Å²) in [5, 5.41) is 2.96. The summed E-state index contributed by atoms with van der Waals surface area (Å²) in [6.45, 7) is 3.14. The number of anilines is 1. The molecule has 1 aliphatic rings. The monoisotopic (exact) mass is 509 g/mol. The molecule has 8 nitrogen and oxygen atoms in total. The van der Waals surface area contributed by atoms with E-state index in [9.17, 15) is 23.6 Å². The molecule has 3 aromatic rings. The summed E-state index contributed by atoms with van der Waals surface area (Å²) in [5.74, 6) is -1.92. The van der Waals surface area contributed by atoms with Gasteiger partial charge in [-0.2, -0.15) is 0 Å². The number of hydrogen-bond acceptors (Lipinski definition) is 6. The van der Waals surface area contributed by atoms with Crippen molar-refractivity contribution in [1.82, 2.24) is 9.47 Å². The Morgan fingerprint density at radius 1 is 1.11 bits per heavy atom. The SMILES string of the molecule is CC[C@@H](C)OC(=O)CN1C(=O)S/C(=C\c2cn(CC(=O)Nc3ccc(F)cc3)c3ccccc23)C1=O. The minimum atomic E-state index is -0.642. The molecule has 1 aliphatic heterocycles. The predicted molar refractivity (Wildman–Crippen MR) is 135 cm³/mol. The normalized spacial score (nSPS) is 15.5. The molecule has 0 unspecified atom stereocenters. The Balaban J connectivity index is 1.54. The van der Waals surface area contributed by atoms with E-state index >= 15 is 0 Å². The molecule has 4 rings (SSSR count). The number of amides is 3. The number of halogens is 1. The van der Waals surface area contributed by atoms with Crippen LogP contribution in [0.4, 0.5) is 14.9 Å². The van der Waals surface area contributed by atoms with E-state index in [1.807, 2.05) is 31.2 Å². The second kappa shape index (κ2) is 10.8. The number of hydrogen-bond donors (Lipinski definition) is 1. The zero-order valence-electron chi connectivity index (χ0n) is 19.7. The van der Waals surface area contributed by atoms with Gasteiger partial charge in [-0.05, 0) is 61.5 Å². The Labute approximate surface area is 211 Å². The number of para-hydroxylation sites is 1. The maximum atomic E-state index is 13.1. The zero-order chi connectivity index (χ0) is 25.8. The molecule has 2 heterocycles. The van der Waals surface area contributed by atoms with E-state index in [0.29, 0.717) is 17.7 Å². The molecule has 10 heteroatoms. The first-order valence-corrected chi connectivity index (χ1v) is 12.1. The summed E-state index contributed by atoms with van der Waals surface area (Å²) < 4.78 is 20.0. The van der Waals surface area contributed by atoms with Crippen LogP contribution in [-0.2, 0) is 25.7 Å². The lowest BCUT2D eigenvalue weighted by atomic mass is 10.1. The fourth-order valence-corrected chi connectivity index (χ4v) is 4.49. The van der Waals surface area contributed by atoms with Crippen molar-refractivity contribution < 1.29 is 28.3 Å². The lowest BCUT2D eigenvalue weighted by Crippen LogP contribution is -2.35. The number of carbonyl (C=O) groups excluding carboxylic acids is 4. The summed E-state index contributed by atoms with van der Waals surface area (Å²) >= 11 is 0.749. The third-order valence-corrected chi connectivity index (χ3v) is 6.52. The predicted octanol–water partition coefficient (Wildman–Crippen LogP) is 4.80. The number of fused-ring (bicyclic) bond motifs is 1. The van der Waals surface area contributed by atoms with Gasteiger partial charge in [-0.15, -0.1) is 0 Å². The third kappa shape index (κ3) is 5.65. The molecule has 0 spiro atoms. The van der Waals surface area contributed by atoms with Crippen LogP contribution < -0.4 is 5.32 Å². The van der Waals surface area contributed by atoms with Gasteiger partial charge in [0.25, 0.3) is 11.1 Å². The molecule has 3 amide bonds. The Morgan fingerprint density at radius 2 is 1.83 bits per heavy atom. The van der Waals surface area contributed by atoms with Crippen LogP contribution in [0.1, 0.15) is 25.8 Å². The number of imide groups is 1. The summed E-state index contributed by atoms with van der Waals surface area (Å²) in [6, 6.07) is 12.8. The molecular formula is C26H24FN3O5S. The van der Waals surface area contributed by atoms with Crippen LogP contribution in [0.2, 0.25) is 0 Å². The Morgan fingerprint density at radius 3 is 2.56 bits per heavy atom. The fourth-order valence-electron chi connectivity index (χ4n) is 3.66. The van der Waals surface area contributed by atoms with Crippen LogP contribution in [0.5, 0.6) is 0 Å². The lowest BCUT2D eigenvalue weighted by Gasteiger charge is -2.14. The largest absolute Gasteiger partial charge is 0.461 e. The van der Waals surface area contributed by atoms with Crippen molar-refractivity contribution >= 4 is 57.5 Å². The highest BCUT2D eigenvalue weighted by molar-refractivity contribution is 8.18. The molecule has 36 heavy (non-hydrogen) atoms. The van der Waals surface area contributed by atoms with E-state index in [-0.39, 0.29) is 23.5 Å². The first kappa shape index (κ1) is 25.2. The summed E-state index contributed by atoms with van der Waals surface area (Å²) in [4.78, 5) is 51.0. The number of nitrogens with one attached hydrogen (secondary N) is 1. The smallest absolute Gasteiger partial charge is 0.326 e. The first-order valence-electron chi connectivity index (χ1n) is 11.3. The molecule has 0 aliphatic carbocycles. The third-order valence-electron chi connectivity index (χ3n) is 5.62. The number of benzene rings is 2. The Bertz CT molecular complexity index is 1370. The van der Waals surface area contributed by atoms with Crippen molar-refractivity contribution in [2.45, 2.75) is 32.9 Å². The van der Waals surface area contributed by atoms with Gasteiger partial charge in [0.2, 0.25) is 5.91 Å². The van der Waals surface area contributed by atoms with E-state index in [0.717, 1.165) is 27.6 Å². The van der Waals surface area contributed by atoms with Crippen LogP contribution in [0, 0.1) is 5.82 Å². The van der Waals surface area contributed by atoms with Crippen molar-refractivity contribution in [2.75, 3.05) is 11.9 Å². The van der Waals surface area contributed by atoms with Crippen LogP contribution in [0.25, 0.3) is 17.0 Å². The van der Waals surface area contributed by atoms with Crippen LogP contribution >= 0.6 is 11.8 Å². The molecule has 0 saturated carbocycles. The van der Waals surface area contributed by atoms with Crippen molar-refractivity contribution in [3.8, 4) is 0 Å². The molecule has 0 radical (unpaired) electrons. The number of nitrogens with zero attached hydrogens (tertiary/aromatic N) is 2. The van der Waals surface area contributed by atoms with Gasteiger partial charge in [0, 0.05) is 28.4 Å². The summed E-state index contributed by atoms with van der Waals surface area (Å²) in [6.07, 6.45) is 3.63. The van der Waals surface area contributed by atoms with E-state index in [1.165, 1.54) is 24.3 Å². The van der Waals surface area contributed by atoms with Gasteiger partial charge < -0.3 is 14.6 Å². The zero-order valence-corrected chi connectivity index (χ0v) is 20.5. The van der Waals surface area contributed by atoms with Gasteiger partial charge in [0.05, 0.1) is 11.0 Å². The van der Waals surface area contributed by atoms with Gasteiger partial charge in [-0.1, -0.05) is 25.1 Å². The first-order chi connectivity index (χ1) is 17.2. The number of rotatable bonds is 8. The number of carbonyl (C=O) groups is 4. The van der Waals surface area contributed by atoms with Gasteiger partial charge in [-0.25, -0.2) is 4.39 Å². The average Bonchev–Trinajstić information content (AvgIpc) is 3.32. The van der Waals surface area contributed by atoms with Crippen molar-refractivity contribution in [3.63, 3.8) is 0 Å².